The van der Waals surface area contributed by atoms with E-state index in [1.54, 1.807) is 13.8 Å². The molecule has 0 saturated carbocycles. The van der Waals surface area contributed by atoms with Crippen molar-refractivity contribution < 1.29 is 22.7 Å². The minimum absolute atomic E-state index is 0.128. The summed E-state index contributed by atoms with van der Waals surface area (Å²) >= 11 is 0. The third-order valence-corrected chi connectivity index (χ3v) is 4.90. The van der Waals surface area contributed by atoms with E-state index < -0.39 is 29.2 Å². The highest BCUT2D eigenvalue weighted by Crippen LogP contribution is 2.28. The van der Waals surface area contributed by atoms with Gasteiger partial charge in [-0.05, 0) is 38.1 Å². The average Bonchev–Trinajstić information content (AvgIpc) is 3.32. The maximum atomic E-state index is 14.2. The second-order valence-electron chi connectivity index (χ2n) is 7.31. The van der Waals surface area contributed by atoms with Gasteiger partial charge in [0.1, 0.15) is 6.61 Å². The van der Waals surface area contributed by atoms with Gasteiger partial charge in [-0.25, -0.2) is 18.2 Å². The zero-order valence-electron chi connectivity index (χ0n) is 18.2. The molecule has 0 aliphatic rings. The van der Waals surface area contributed by atoms with Gasteiger partial charge in [0.15, 0.2) is 5.82 Å². The van der Waals surface area contributed by atoms with E-state index in [0.717, 1.165) is 6.20 Å². The molecule has 8 nitrogen and oxygen atoms in total. The molecule has 0 fully saturated rings. The Hall–Kier alpha value is -3.94. The number of ether oxygens (including phenoxy) is 1. The molecule has 0 spiro atoms. The zero-order valence-corrected chi connectivity index (χ0v) is 18.2. The van der Waals surface area contributed by atoms with Crippen molar-refractivity contribution in [3.8, 4) is 17.6 Å². The number of nitrogens with zero attached hydrogens (tertiary/aromatic N) is 6. The Labute approximate surface area is 188 Å². The van der Waals surface area contributed by atoms with Crippen LogP contribution in [0.5, 0.6) is 5.88 Å². The van der Waals surface area contributed by atoms with Crippen LogP contribution in [0.15, 0.2) is 42.9 Å². The number of hydrogen-bond acceptors (Lipinski definition) is 6. The Morgan fingerprint density at radius 2 is 2.00 bits per heavy atom. The predicted octanol–water partition coefficient (Wildman–Crippen LogP) is 3.71. The first-order valence-electron chi connectivity index (χ1n) is 10.0. The van der Waals surface area contributed by atoms with Crippen molar-refractivity contribution in [3.05, 3.63) is 65.4 Å². The van der Waals surface area contributed by atoms with Crippen molar-refractivity contribution in [2.45, 2.75) is 32.7 Å². The molecule has 2 heterocycles. The third-order valence-electron chi connectivity index (χ3n) is 4.90. The first kappa shape index (κ1) is 23.7. The van der Waals surface area contributed by atoms with Crippen molar-refractivity contribution >= 4 is 5.91 Å². The average molecular weight is 458 g/mol. The van der Waals surface area contributed by atoms with Gasteiger partial charge in [-0.2, -0.15) is 20.3 Å². The Balaban J connectivity index is 1.80. The fourth-order valence-corrected chi connectivity index (χ4v) is 3.16. The summed E-state index contributed by atoms with van der Waals surface area (Å²) in [5, 5.41) is 17.3. The number of halogens is 3. The fourth-order valence-electron chi connectivity index (χ4n) is 3.16. The van der Waals surface area contributed by atoms with Crippen molar-refractivity contribution in [1.82, 2.24) is 24.9 Å². The van der Waals surface area contributed by atoms with Gasteiger partial charge in [0.25, 0.3) is 11.8 Å². The molecule has 1 aromatic carbocycles. The summed E-state index contributed by atoms with van der Waals surface area (Å²) in [7, 11) is 0. The summed E-state index contributed by atoms with van der Waals surface area (Å²) in [5.41, 5.74) is 0.365. The second kappa shape index (κ2) is 9.68. The van der Waals surface area contributed by atoms with Gasteiger partial charge in [0.2, 0.25) is 5.88 Å². The van der Waals surface area contributed by atoms with Crippen LogP contribution in [0.1, 0.15) is 42.3 Å². The SMILES string of the molecule is CCN(C(=O)c1ccc(C#N)cc1-n1nccn1)[C@@H](C)COc1ncc(C(C)(F)F)cc1F. The van der Waals surface area contributed by atoms with Gasteiger partial charge in [-0.3, -0.25) is 4.79 Å². The second-order valence-corrected chi connectivity index (χ2v) is 7.31. The zero-order chi connectivity index (χ0) is 24.2. The number of alkyl halides is 2. The Morgan fingerprint density at radius 1 is 1.30 bits per heavy atom. The van der Waals surface area contributed by atoms with Gasteiger partial charge in [-0.1, -0.05) is 0 Å². The molecule has 0 N–H and O–H groups in total. The third kappa shape index (κ3) is 5.28. The summed E-state index contributed by atoms with van der Waals surface area (Å²) in [4.78, 5) is 19.7. The standard InChI is InChI=1S/C22H21F3N6O2/c1-4-30(14(2)13-33-20-18(23)10-16(12-27-20)22(3,24)25)21(32)17-6-5-15(11-26)9-19(17)31-28-7-8-29-31/h5-10,12,14H,4,13H2,1-3H3/t14-/m0/s1. The molecule has 0 aliphatic heterocycles. The molecule has 0 bridgehead atoms. The van der Waals surface area contributed by atoms with Crippen molar-refractivity contribution in [1.29, 1.82) is 5.26 Å². The summed E-state index contributed by atoms with van der Waals surface area (Å²) in [6.45, 7) is 4.28. The highest BCUT2D eigenvalue weighted by atomic mass is 19.3. The number of rotatable bonds is 8. The highest BCUT2D eigenvalue weighted by molar-refractivity contribution is 5.98. The predicted molar refractivity (Wildman–Crippen MR) is 112 cm³/mol. The van der Waals surface area contributed by atoms with Crippen LogP contribution in [-0.4, -0.2) is 50.0 Å². The normalized spacial score (nSPS) is 12.2. The van der Waals surface area contributed by atoms with Gasteiger partial charge >= 0.3 is 0 Å². The Bertz CT molecular complexity index is 1170. The molecule has 0 radical (unpaired) electrons. The topological polar surface area (TPSA) is 96.9 Å². The molecule has 1 amide bonds. The number of carbonyl (C=O) groups is 1. The number of amides is 1. The molecule has 0 aliphatic carbocycles. The monoisotopic (exact) mass is 458 g/mol. The van der Waals surface area contributed by atoms with Crippen LogP contribution < -0.4 is 4.74 Å². The van der Waals surface area contributed by atoms with Crippen LogP contribution >= 0.6 is 0 Å². The van der Waals surface area contributed by atoms with Crippen molar-refractivity contribution in [3.63, 3.8) is 0 Å². The maximum absolute atomic E-state index is 14.2. The molecular weight excluding hydrogens is 437 g/mol. The van der Waals surface area contributed by atoms with E-state index >= 15 is 0 Å². The van der Waals surface area contributed by atoms with Crippen LogP contribution in [0.4, 0.5) is 13.2 Å². The minimum atomic E-state index is -3.23. The molecule has 172 valence electrons. The lowest BCUT2D eigenvalue weighted by Crippen LogP contribution is -2.42. The fraction of sp³-hybridized carbons (Fsp3) is 0.318. The van der Waals surface area contributed by atoms with Crippen molar-refractivity contribution in [2.24, 2.45) is 0 Å². The molecule has 2 aromatic heterocycles. The number of hydrogen-bond donors (Lipinski definition) is 0. The largest absolute Gasteiger partial charge is 0.473 e. The smallest absolute Gasteiger partial charge is 0.272 e. The quantitative estimate of drug-likeness (QED) is 0.511. The van der Waals surface area contributed by atoms with Crippen LogP contribution in [0, 0.1) is 17.1 Å². The summed E-state index contributed by atoms with van der Waals surface area (Å²) in [5.74, 6) is -5.06. The van der Waals surface area contributed by atoms with E-state index in [9.17, 15) is 23.2 Å². The van der Waals surface area contributed by atoms with E-state index in [4.69, 9.17) is 4.74 Å². The van der Waals surface area contributed by atoms with E-state index in [1.807, 2.05) is 6.07 Å². The highest BCUT2D eigenvalue weighted by Gasteiger charge is 2.27. The van der Waals surface area contributed by atoms with Gasteiger partial charge in [0, 0.05) is 25.2 Å². The number of pyridine rings is 1. The molecule has 3 rings (SSSR count). The molecule has 33 heavy (non-hydrogen) atoms. The van der Waals surface area contributed by atoms with Crippen LogP contribution in [0.3, 0.4) is 0 Å². The lowest BCUT2D eigenvalue weighted by atomic mass is 10.1. The van der Waals surface area contributed by atoms with E-state index in [0.29, 0.717) is 30.8 Å². The number of nitriles is 1. The van der Waals surface area contributed by atoms with Gasteiger partial charge < -0.3 is 9.64 Å². The molecule has 1 atom stereocenters. The minimum Gasteiger partial charge on any atom is -0.473 e. The first-order chi connectivity index (χ1) is 15.7. The summed E-state index contributed by atoms with van der Waals surface area (Å²) in [6, 6.07) is 6.70. The number of aromatic nitrogens is 4. The molecule has 0 unspecified atom stereocenters. The molecule has 3 aromatic rings. The summed E-state index contributed by atoms with van der Waals surface area (Å²) in [6.07, 6.45) is 3.75. The van der Waals surface area contributed by atoms with E-state index in [1.165, 1.54) is 40.3 Å². The van der Waals surface area contributed by atoms with E-state index in [-0.39, 0.29) is 18.1 Å². The van der Waals surface area contributed by atoms with Crippen LogP contribution in [0.25, 0.3) is 5.69 Å². The molecule has 0 saturated heterocycles. The number of benzene rings is 1. The Kier molecular flexibility index (Phi) is 6.96. The molecule has 11 heteroatoms. The van der Waals surface area contributed by atoms with Gasteiger partial charge in [-0.15, -0.1) is 0 Å². The number of likely N-dealkylation sites (N-methyl/N-ethyl adjacent to an activating group) is 1. The number of carbonyl (C=O) groups excluding carboxylic acids is 1. The summed E-state index contributed by atoms with van der Waals surface area (Å²) < 4.78 is 46.2. The van der Waals surface area contributed by atoms with Crippen molar-refractivity contribution in [2.75, 3.05) is 13.2 Å². The lowest BCUT2D eigenvalue weighted by Gasteiger charge is -2.28. The molecular formula is C22H21F3N6O2. The van der Waals surface area contributed by atoms with Crippen LogP contribution in [-0.2, 0) is 5.92 Å². The first-order valence-corrected chi connectivity index (χ1v) is 10.0. The van der Waals surface area contributed by atoms with Gasteiger partial charge in [0.05, 0.1) is 41.3 Å². The maximum Gasteiger partial charge on any atom is 0.272 e. The Morgan fingerprint density at radius 3 is 2.58 bits per heavy atom. The van der Waals surface area contributed by atoms with Crippen LogP contribution in [0.2, 0.25) is 0 Å². The lowest BCUT2D eigenvalue weighted by molar-refractivity contribution is 0.0165. The van der Waals surface area contributed by atoms with E-state index in [2.05, 4.69) is 15.2 Å².